The number of benzene rings is 1. The Labute approximate surface area is 70.4 Å². The maximum absolute atomic E-state index is 3.43. The monoisotopic (exact) mass is 198 g/mol. The number of hydrogen-bond acceptors (Lipinski definition) is 0. The minimum Gasteiger partial charge on any atom is -0.0651 e. The Morgan fingerprint density at radius 2 is 2.20 bits per heavy atom. The van der Waals surface area contributed by atoms with Gasteiger partial charge < -0.3 is 0 Å². The summed E-state index contributed by atoms with van der Waals surface area (Å²) in [4.78, 5) is 0. The zero-order chi connectivity index (χ0) is 7.40. The first-order chi connectivity index (χ1) is 4.83. The molecule has 10 heavy (non-hydrogen) atoms. The lowest BCUT2D eigenvalue weighted by molar-refractivity contribution is 0.921. The van der Waals surface area contributed by atoms with Crippen LogP contribution in [0.25, 0.3) is 0 Å². The van der Waals surface area contributed by atoms with E-state index in [1.165, 1.54) is 22.9 Å². The van der Waals surface area contributed by atoms with Gasteiger partial charge in [-0.25, -0.2) is 0 Å². The minimum atomic E-state index is 1.18. The first kappa shape index (κ1) is 7.80. The molecule has 1 rings (SSSR count). The second-order valence-electron chi connectivity index (χ2n) is 2.38. The molecule has 0 nitrogen and oxygen atoms in total. The molecule has 0 fully saturated rings. The van der Waals surface area contributed by atoms with Gasteiger partial charge in [0.1, 0.15) is 0 Å². The maximum Gasteiger partial charge on any atom is 0.0177 e. The predicted molar refractivity (Wildman–Crippen MR) is 48.1 cm³/mol. The van der Waals surface area contributed by atoms with Gasteiger partial charge in [0.05, 0.1) is 0 Å². The van der Waals surface area contributed by atoms with Crippen LogP contribution in [0.15, 0.2) is 28.7 Å². The third-order valence-corrected chi connectivity index (χ3v) is 1.92. The summed E-state index contributed by atoms with van der Waals surface area (Å²) >= 11 is 3.43. The van der Waals surface area contributed by atoms with Gasteiger partial charge >= 0.3 is 0 Å². The fourth-order valence-electron chi connectivity index (χ4n) is 0.981. The van der Waals surface area contributed by atoms with Gasteiger partial charge in [0, 0.05) is 4.47 Å². The van der Waals surface area contributed by atoms with Crippen molar-refractivity contribution in [3.8, 4) is 0 Å². The van der Waals surface area contributed by atoms with E-state index in [9.17, 15) is 0 Å². The molecule has 0 aromatic heterocycles. The minimum absolute atomic E-state index is 1.18. The second-order valence-corrected chi connectivity index (χ2v) is 3.30. The Morgan fingerprint density at radius 1 is 1.40 bits per heavy atom. The molecule has 0 atom stereocenters. The van der Waals surface area contributed by atoms with Crippen molar-refractivity contribution in [3.63, 3.8) is 0 Å². The average molecular weight is 199 g/mol. The summed E-state index contributed by atoms with van der Waals surface area (Å²) in [7, 11) is 0. The molecule has 0 spiro atoms. The van der Waals surface area contributed by atoms with Crippen molar-refractivity contribution in [1.29, 1.82) is 0 Å². The molecule has 0 aliphatic rings. The summed E-state index contributed by atoms with van der Waals surface area (Å²) in [6.45, 7) is 2.20. The van der Waals surface area contributed by atoms with Crippen molar-refractivity contribution in [2.45, 2.75) is 19.8 Å². The lowest BCUT2D eigenvalue weighted by Crippen LogP contribution is -1.80. The van der Waals surface area contributed by atoms with Gasteiger partial charge in [0.2, 0.25) is 0 Å². The standard InChI is InChI=1S/C9H11Br/c1-2-4-8-5-3-6-9(10)7-8/h3,5-7H,2,4H2,1H3. The van der Waals surface area contributed by atoms with E-state index in [0.29, 0.717) is 0 Å². The first-order valence-corrected chi connectivity index (χ1v) is 4.36. The molecule has 0 N–H and O–H groups in total. The quantitative estimate of drug-likeness (QED) is 0.684. The summed E-state index contributed by atoms with van der Waals surface area (Å²) in [6, 6.07) is 8.46. The van der Waals surface area contributed by atoms with Crippen molar-refractivity contribution in [3.05, 3.63) is 34.3 Å². The van der Waals surface area contributed by atoms with E-state index in [4.69, 9.17) is 0 Å². The van der Waals surface area contributed by atoms with Crippen molar-refractivity contribution in [2.75, 3.05) is 0 Å². The molecule has 0 bridgehead atoms. The first-order valence-electron chi connectivity index (χ1n) is 3.57. The molecular formula is C9H11Br. The normalized spacial score (nSPS) is 9.80. The Bertz CT molecular complexity index is 206. The average Bonchev–Trinajstić information content (AvgIpc) is 1.88. The fraction of sp³-hybridized carbons (Fsp3) is 0.333. The molecule has 0 heterocycles. The van der Waals surface area contributed by atoms with E-state index in [0.717, 1.165) is 0 Å². The Balaban J connectivity index is 2.75. The summed E-state index contributed by atoms with van der Waals surface area (Å²) < 4.78 is 1.18. The molecule has 0 amide bonds. The van der Waals surface area contributed by atoms with Gasteiger partial charge in [-0.3, -0.25) is 0 Å². The third-order valence-electron chi connectivity index (χ3n) is 1.43. The van der Waals surface area contributed by atoms with E-state index >= 15 is 0 Å². The maximum atomic E-state index is 3.43. The van der Waals surface area contributed by atoms with Crippen LogP contribution in [0.1, 0.15) is 18.9 Å². The second kappa shape index (κ2) is 3.77. The molecular weight excluding hydrogens is 188 g/mol. The number of aryl methyl sites for hydroxylation is 1. The molecule has 0 unspecified atom stereocenters. The van der Waals surface area contributed by atoms with Crippen LogP contribution >= 0.6 is 15.9 Å². The molecule has 1 heteroatoms. The number of hydrogen-bond donors (Lipinski definition) is 0. The zero-order valence-corrected chi connectivity index (χ0v) is 7.69. The Hall–Kier alpha value is -0.300. The summed E-state index contributed by atoms with van der Waals surface area (Å²) in [6.07, 6.45) is 2.40. The van der Waals surface area contributed by atoms with E-state index < -0.39 is 0 Å². The molecule has 0 saturated carbocycles. The van der Waals surface area contributed by atoms with Gasteiger partial charge in [-0.1, -0.05) is 41.4 Å². The van der Waals surface area contributed by atoms with Gasteiger partial charge in [-0.05, 0) is 24.1 Å². The highest BCUT2D eigenvalue weighted by Crippen LogP contribution is 2.12. The summed E-state index contributed by atoms with van der Waals surface area (Å²) in [5.41, 5.74) is 1.41. The molecule has 1 aromatic carbocycles. The van der Waals surface area contributed by atoms with Crippen LogP contribution in [0.2, 0.25) is 0 Å². The van der Waals surface area contributed by atoms with E-state index in [2.05, 4.69) is 47.1 Å². The van der Waals surface area contributed by atoms with Gasteiger partial charge in [0.15, 0.2) is 0 Å². The van der Waals surface area contributed by atoms with Crippen molar-refractivity contribution < 1.29 is 0 Å². The van der Waals surface area contributed by atoms with Crippen LogP contribution in [0.4, 0.5) is 0 Å². The molecule has 54 valence electrons. The zero-order valence-electron chi connectivity index (χ0n) is 6.10. The molecule has 0 aliphatic heterocycles. The van der Waals surface area contributed by atoms with E-state index in [1.54, 1.807) is 0 Å². The molecule has 0 aliphatic carbocycles. The van der Waals surface area contributed by atoms with Crippen LogP contribution in [-0.4, -0.2) is 0 Å². The Morgan fingerprint density at radius 3 is 2.80 bits per heavy atom. The summed E-state index contributed by atoms with van der Waals surface area (Å²) in [5, 5.41) is 0. The van der Waals surface area contributed by atoms with Crippen LogP contribution in [-0.2, 0) is 6.42 Å². The highest BCUT2D eigenvalue weighted by Gasteiger charge is 1.89. The van der Waals surface area contributed by atoms with Crippen LogP contribution in [0.3, 0.4) is 0 Å². The highest BCUT2D eigenvalue weighted by atomic mass is 79.9. The number of rotatable bonds is 2. The Kier molecular flexibility index (Phi) is 2.94. The lowest BCUT2D eigenvalue weighted by atomic mass is 10.1. The van der Waals surface area contributed by atoms with E-state index in [-0.39, 0.29) is 0 Å². The molecule has 1 aromatic rings. The van der Waals surface area contributed by atoms with Crippen LogP contribution in [0.5, 0.6) is 0 Å². The van der Waals surface area contributed by atoms with Crippen molar-refractivity contribution in [1.82, 2.24) is 0 Å². The van der Waals surface area contributed by atoms with Gasteiger partial charge in [-0.15, -0.1) is 0 Å². The number of halogens is 1. The smallest absolute Gasteiger partial charge is 0.0177 e. The van der Waals surface area contributed by atoms with Gasteiger partial charge in [0.25, 0.3) is 0 Å². The molecule has 0 radical (unpaired) electrons. The third kappa shape index (κ3) is 2.14. The van der Waals surface area contributed by atoms with Gasteiger partial charge in [-0.2, -0.15) is 0 Å². The van der Waals surface area contributed by atoms with Crippen LogP contribution < -0.4 is 0 Å². The largest absolute Gasteiger partial charge is 0.0651 e. The van der Waals surface area contributed by atoms with Crippen LogP contribution in [0, 0.1) is 0 Å². The lowest BCUT2D eigenvalue weighted by Gasteiger charge is -1.96. The van der Waals surface area contributed by atoms with Crippen molar-refractivity contribution in [2.24, 2.45) is 0 Å². The molecule has 0 saturated heterocycles. The summed E-state index contributed by atoms with van der Waals surface area (Å²) in [5.74, 6) is 0. The predicted octanol–water partition coefficient (Wildman–Crippen LogP) is 3.40. The SMILES string of the molecule is CCCc1cccc(Br)c1. The van der Waals surface area contributed by atoms with E-state index in [1.807, 2.05) is 0 Å². The highest BCUT2D eigenvalue weighted by molar-refractivity contribution is 9.10. The van der Waals surface area contributed by atoms with Crippen molar-refractivity contribution >= 4 is 15.9 Å². The topological polar surface area (TPSA) is 0 Å². The fourth-order valence-corrected chi connectivity index (χ4v) is 1.43.